The van der Waals surface area contributed by atoms with Crippen molar-refractivity contribution in [3.63, 3.8) is 0 Å². The van der Waals surface area contributed by atoms with E-state index in [0.717, 1.165) is 20.1 Å². The molecule has 0 radical (unpaired) electrons. The Hall–Kier alpha value is -3.70. The lowest BCUT2D eigenvalue weighted by Gasteiger charge is -2.32. The molecule has 3 fully saturated rings. The van der Waals surface area contributed by atoms with Crippen molar-refractivity contribution in [1.29, 1.82) is 5.26 Å². The maximum Gasteiger partial charge on any atom is 0.418 e. The molecule has 0 bridgehead atoms. The minimum absolute atomic E-state index is 0.0612. The third kappa shape index (κ3) is 5.30. The Morgan fingerprint density at radius 3 is 2.61 bits per heavy atom. The molecule has 3 aliphatic rings. The van der Waals surface area contributed by atoms with Crippen molar-refractivity contribution in [2.45, 2.75) is 50.0 Å². The van der Waals surface area contributed by atoms with Crippen LogP contribution in [0.1, 0.15) is 37.7 Å². The zero-order chi connectivity index (χ0) is 31.4. The number of halogens is 6. The highest BCUT2D eigenvalue weighted by molar-refractivity contribution is 6.34. The molecule has 3 aromatic rings. The summed E-state index contributed by atoms with van der Waals surface area (Å²) in [6.07, 6.45) is -3.00. The van der Waals surface area contributed by atoms with Crippen molar-refractivity contribution >= 4 is 34.1 Å². The van der Waals surface area contributed by atoms with Gasteiger partial charge in [0.2, 0.25) is 0 Å². The van der Waals surface area contributed by atoms with E-state index in [1.54, 1.807) is 0 Å². The summed E-state index contributed by atoms with van der Waals surface area (Å²) in [5, 5.41) is 9.15. The Bertz CT molecular complexity index is 1640. The molecule has 6 rings (SSSR count). The average molecular weight is 638 g/mol. The van der Waals surface area contributed by atoms with Gasteiger partial charge in [0, 0.05) is 37.4 Å². The minimum Gasteiger partial charge on any atom is -0.493 e. The maximum atomic E-state index is 16.5. The van der Waals surface area contributed by atoms with Crippen molar-refractivity contribution in [2.75, 3.05) is 50.5 Å². The van der Waals surface area contributed by atoms with Gasteiger partial charge in [0.15, 0.2) is 17.4 Å². The van der Waals surface area contributed by atoms with Crippen molar-refractivity contribution in [3.8, 4) is 29.1 Å². The van der Waals surface area contributed by atoms with E-state index in [1.165, 1.54) is 6.07 Å². The molecular weight excluding hydrogens is 609 g/mol. The zero-order valence-corrected chi connectivity index (χ0v) is 24.5. The highest BCUT2D eigenvalue weighted by atomic mass is 35.5. The summed E-state index contributed by atoms with van der Waals surface area (Å²) in [6, 6.07) is 3.99. The molecule has 0 amide bonds. The van der Waals surface area contributed by atoms with Crippen LogP contribution in [0.2, 0.25) is 5.02 Å². The Morgan fingerprint density at radius 1 is 1.18 bits per heavy atom. The van der Waals surface area contributed by atoms with Crippen molar-refractivity contribution < 1.29 is 31.4 Å². The largest absolute Gasteiger partial charge is 0.493 e. The van der Waals surface area contributed by atoms with Crippen molar-refractivity contribution in [3.05, 3.63) is 28.5 Å². The molecule has 234 valence electrons. The van der Waals surface area contributed by atoms with Gasteiger partial charge >= 0.3 is 12.2 Å². The first kappa shape index (κ1) is 30.3. The first-order valence-electron chi connectivity index (χ1n) is 14.2. The molecule has 5 heterocycles. The van der Waals surface area contributed by atoms with Crippen LogP contribution in [0.5, 0.6) is 11.8 Å². The van der Waals surface area contributed by atoms with Crippen LogP contribution >= 0.6 is 11.6 Å². The number of nitrogens with two attached hydrogens (primary N) is 1. The number of methoxy groups -OCH3 is 1. The summed E-state index contributed by atoms with van der Waals surface area (Å²) >= 11 is 6.50. The number of benzene rings is 1. The predicted octanol–water partition coefficient (Wildman–Crippen LogP) is 5.79. The van der Waals surface area contributed by atoms with Crippen LogP contribution in [0.15, 0.2) is 12.1 Å². The first-order chi connectivity index (χ1) is 20.9. The van der Waals surface area contributed by atoms with Gasteiger partial charge in [-0.15, -0.1) is 0 Å². The number of hydrogen-bond acceptors (Lipinski definition) is 9. The summed E-state index contributed by atoms with van der Waals surface area (Å²) in [6.45, 7) is 1.93. The second-order valence-corrected chi connectivity index (χ2v) is 11.9. The standard InChI is InChI=1S/C29H29ClF5N7O2/c1-43-20-10-18(29(33,34)35)24(38-25(20)37)21-19(30)9-17-23(22(21)32)39-27(40-26(17)41-7-3-15(12-36)4-8-41)44-14-28-5-2-6-42(28)13-16(31)11-28/h9-10,15-16H,2-8,11,13-14H2,1H3,(H2,37,38)/t16-,28+/m1/s1. The van der Waals surface area contributed by atoms with Crippen LogP contribution in [0.25, 0.3) is 22.2 Å². The van der Waals surface area contributed by atoms with E-state index in [0.29, 0.717) is 45.0 Å². The monoisotopic (exact) mass is 637 g/mol. The van der Waals surface area contributed by atoms with Gasteiger partial charge in [-0.1, -0.05) is 11.6 Å². The van der Waals surface area contributed by atoms with E-state index in [2.05, 4.69) is 21.0 Å². The molecule has 3 saturated heterocycles. The van der Waals surface area contributed by atoms with E-state index >= 15 is 4.39 Å². The number of nitrogens with zero attached hydrogens (tertiary/aromatic N) is 6. The van der Waals surface area contributed by atoms with Crippen molar-refractivity contribution in [1.82, 2.24) is 19.9 Å². The van der Waals surface area contributed by atoms with Gasteiger partial charge in [-0.25, -0.2) is 13.8 Å². The lowest BCUT2D eigenvalue weighted by molar-refractivity contribution is -0.137. The number of ether oxygens (including phenoxy) is 2. The minimum atomic E-state index is -4.95. The van der Waals surface area contributed by atoms with E-state index < -0.39 is 40.5 Å². The van der Waals surface area contributed by atoms with Crippen LogP contribution in [-0.2, 0) is 6.18 Å². The number of fused-ring (bicyclic) bond motifs is 2. The van der Waals surface area contributed by atoms with E-state index in [4.69, 9.17) is 26.8 Å². The molecule has 9 nitrogen and oxygen atoms in total. The van der Waals surface area contributed by atoms with E-state index in [1.807, 2.05) is 9.80 Å². The second-order valence-electron chi connectivity index (χ2n) is 11.5. The average Bonchev–Trinajstić information content (AvgIpc) is 3.51. The second kappa shape index (κ2) is 11.3. The van der Waals surface area contributed by atoms with Crippen LogP contribution < -0.4 is 20.1 Å². The van der Waals surface area contributed by atoms with Crippen LogP contribution in [0.3, 0.4) is 0 Å². The van der Waals surface area contributed by atoms with Crippen LogP contribution in [-0.4, -0.2) is 71.5 Å². The van der Waals surface area contributed by atoms with Gasteiger partial charge in [0.25, 0.3) is 0 Å². The Morgan fingerprint density at radius 2 is 1.93 bits per heavy atom. The molecule has 2 N–H and O–H groups in total. The van der Waals surface area contributed by atoms with Gasteiger partial charge in [0.1, 0.15) is 24.1 Å². The molecule has 2 aromatic heterocycles. The van der Waals surface area contributed by atoms with Gasteiger partial charge in [0.05, 0.1) is 40.6 Å². The number of nitrogen functional groups attached to an aromatic ring is 1. The summed E-state index contributed by atoms with van der Waals surface area (Å²) in [7, 11) is 1.14. The van der Waals surface area contributed by atoms with Gasteiger partial charge in [-0.2, -0.15) is 28.4 Å². The number of hydrogen-bond donors (Lipinski definition) is 1. The molecule has 0 aliphatic carbocycles. The maximum absolute atomic E-state index is 16.5. The Balaban J connectivity index is 1.49. The summed E-state index contributed by atoms with van der Waals surface area (Å²) in [5.74, 6) is -1.77. The highest BCUT2D eigenvalue weighted by Crippen LogP contribution is 2.46. The molecule has 1 aromatic carbocycles. The quantitative estimate of drug-likeness (QED) is 0.336. The number of alkyl halides is 4. The number of rotatable bonds is 6. The van der Waals surface area contributed by atoms with E-state index in [9.17, 15) is 22.8 Å². The summed E-state index contributed by atoms with van der Waals surface area (Å²) in [5.41, 5.74) is 2.21. The molecule has 44 heavy (non-hydrogen) atoms. The smallest absolute Gasteiger partial charge is 0.418 e. The van der Waals surface area contributed by atoms with Gasteiger partial charge < -0.3 is 20.1 Å². The molecule has 15 heteroatoms. The molecule has 3 aliphatic heterocycles. The van der Waals surface area contributed by atoms with Crippen LogP contribution in [0, 0.1) is 23.1 Å². The fourth-order valence-electron chi connectivity index (χ4n) is 6.63. The first-order valence-corrected chi connectivity index (χ1v) is 14.6. The third-order valence-corrected chi connectivity index (χ3v) is 9.13. The number of aromatic nitrogens is 3. The third-order valence-electron chi connectivity index (χ3n) is 8.83. The fourth-order valence-corrected chi connectivity index (χ4v) is 6.91. The predicted molar refractivity (Wildman–Crippen MR) is 153 cm³/mol. The normalized spacial score (nSPS) is 22.8. The van der Waals surface area contributed by atoms with E-state index in [-0.39, 0.29) is 58.3 Å². The summed E-state index contributed by atoms with van der Waals surface area (Å²) in [4.78, 5) is 16.6. The van der Waals surface area contributed by atoms with Crippen LogP contribution in [0.4, 0.5) is 33.6 Å². The fraction of sp³-hybridized carbons (Fsp3) is 0.517. The Labute approximate surface area is 254 Å². The number of pyridine rings is 1. The molecule has 0 unspecified atom stereocenters. The molecule has 2 atom stereocenters. The molecule has 0 saturated carbocycles. The van der Waals surface area contributed by atoms with Gasteiger partial charge in [-0.05, 0) is 44.4 Å². The highest BCUT2D eigenvalue weighted by Gasteiger charge is 2.49. The molecule has 0 spiro atoms. The van der Waals surface area contributed by atoms with Gasteiger partial charge in [-0.3, -0.25) is 4.90 Å². The SMILES string of the molecule is COc1cc(C(F)(F)F)c(-c2c(Cl)cc3c(N4CCC(C#N)CC4)nc(OC[C@@]45CCCN4C[C@H](F)C5)nc3c2F)nc1N. The lowest BCUT2D eigenvalue weighted by Crippen LogP contribution is -2.43. The number of piperidine rings is 1. The summed E-state index contributed by atoms with van der Waals surface area (Å²) < 4.78 is 84.3. The zero-order valence-electron chi connectivity index (χ0n) is 23.7. The van der Waals surface area contributed by atoms with Crippen molar-refractivity contribution in [2.24, 2.45) is 5.92 Å². The lowest BCUT2D eigenvalue weighted by atomic mass is 9.95. The topological polar surface area (TPSA) is 113 Å². The molecular formula is C29H29ClF5N7O2. The number of nitriles is 1. The number of anilines is 2. The Kier molecular flexibility index (Phi) is 7.82.